The van der Waals surface area contributed by atoms with Gasteiger partial charge in [0.05, 0.1) is 7.11 Å². The van der Waals surface area contributed by atoms with Crippen molar-refractivity contribution in [2.24, 2.45) is 0 Å². The van der Waals surface area contributed by atoms with Gasteiger partial charge in [0.15, 0.2) is 11.5 Å². The van der Waals surface area contributed by atoms with Crippen LogP contribution in [0.4, 0.5) is 0 Å². The van der Waals surface area contributed by atoms with E-state index in [2.05, 4.69) is 6.58 Å². The third kappa shape index (κ3) is 3.11. The monoisotopic (exact) mass is 300 g/mol. The van der Waals surface area contributed by atoms with Gasteiger partial charge in [0.1, 0.15) is 6.29 Å². The van der Waals surface area contributed by atoms with Gasteiger partial charge in [0.25, 0.3) is 0 Å². The molecule has 0 unspecified atom stereocenters. The molecule has 1 aromatic carbocycles. The second kappa shape index (κ2) is 6.50. The number of carbonyl (C=O) groups excluding carboxylic acids is 1. The summed E-state index contributed by atoms with van der Waals surface area (Å²) in [6.45, 7) is 3.75. The minimum absolute atomic E-state index is 0.0338. The fourth-order valence-corrected chi connectivity index (χ4v) is 2.69. The summed E-state index contributed by atoms with van der Waals surface area (Å²) in [6.07, 6.45) is 1.55. The molecule has 0 saturated carbocycles. The Balaban J connectivity index is 2.41. The van der Waals surface area contributed by atoms with Gasteiger partial charge in [0, 0.05) is 28.9 Å². The molecule has 0 fully saturated rings. The van der Waals surface area contributed by atoms with E-state index in [-0.39, 0.29) is 17.9 Å². The highest BCUT2D eigenvalue weighted by atomic mass is 32.1. The molecule has 0 amide bonds. The van der Waals surface area contributed by atoms with Gasteiger partial charge < -0.3 is 9.84 Å². The van der Waals surface area contributed by atoms with E-state index in [4.69, 9.17) is 17.0 Å². The van der Waals surface area contributed by atoms with Crippen molar-refractivity contribution in [1.29, 1.82) is 0 Å². The van der Waals surface area contributed by atoms with Crippen LogP contribution < -0.4 is 0 Å². The lowest BCUT2D eigenvalue weighted by atomic mass is 9.89. The van der Waals surface area contributed by atoms with Crippen LogP contribution in [0.3, 0.4) is 0 Å². The zero-order chi connectivity index (χ0) is 15.4. The van der Waals surface area contributed by atoms with Crippen LogP contribution in [0.15, 0.2) is 65.1 Å². The molecule has 1 aliphatic rings. The number of carbonyl (C=O) groups is 1. The summed E-state index contributed by atoms with van der Waals surface area (Å²) in [7, 11) is 1.44. The number of methoxy groups -OCH3 is 1. The van der Waals surface area contributed by atoms with Crippen molar-refractivity contribution >= 4 is 23.4 Å². The number of allylic oxidation sites excluding steroid dienone is 3. The Bertz CT molecular complexity index is 654. The van der Waals surface area contributed by atoms with E-state index in [9.17, 15) is 9.90 Å². The van der Waals surface area contributed by atoms with Gasteiger partial charge in [-0.1, -0.05) is 49.1 Å². The number of thiocarbonyl (C=S) groups is 1. The molecule has 0 spiro atoms. The molecule has 1 aliphatic carbocycles. The number of rotatable bonds is 5. The Morgan fingerprint density at radius 1 is 1.43 bits per heavy atom. The lowest BCUT2D eigenvalue weighted by Crippen LogP contribution is -2.17. The van der Waals surface area contributed by atoms with Crippen LogP contribution >= 0.6 is 12.2 Å². The second-order valence-corrected chi connectivity index (χ2v) is 5.26. The molecule has 2 rings (SSSR count). The predicted octanol–water partition coefficient (Wildman–Crippen LogP) is 3.47. The highest BCUT2D eigenvalue weighted by Gasteiger charge is 2.27. The molecule has 0 atom stereocenters. The van der Waals surface area contributed by atoms with Gasteiger partial charge in [-0.3, -0.25) is 4.79 Å². The number of hydrogen-bond acceptors (Lipinski definition) is 4. The summed E-state index contributed by atoms with van der Waals surface area (Å²) in [5.41, 5.74) is 2.51. The Hall–Kier alpha value is -2.20. The Morgan fingerprint density at radius 2 is 2.10 bits per heavy atom. The number of aldehydes is 1. The number of aliphatic hydroxyl groups is 1. The van der Waals surface area contributed by atoms with Crippen molar-refractivity contribution in [2.75, 3.05) is 7.11 Å². The van der Waals surface area contributed by atoms with Crippen LogP contribution in [-0.4, -0.2) is 23.4 Å². The molecule has 0 radical (unpaired) electrons. The van der Waals surface area contributed by atoms with Crippen molar-refractivity contribution in [3.8, 4) is 0 Å². The number of benzene rings is 1. The molecular formula is C17H16O3S. The molecule has 108 valence electrons. The molecule has 1 N–H and O–H groups in total. The Kier molecular flexibility index (Phi) is 4.70. The molecule has 0 bridgehead atoms. The first kappa shape index (κ1) is 15.2. The van der Waals surface area contributed by atoms with Crippen molar-refractivity contribution in [2.45, 2.75) is 12.8 Å². The van der Waals surface area contributed by atoms with Gasteiger partial charge in [-0.15, -0.1) is 0 Å². The summed E-state index contributed by atoms with van der Waals surface area (Å²) in [6, 6.07) is 9.72. The lowest BCUT2D eigenvalue weighted by molar-refractivity contribution is -0.105. The van der Waals surface area contributed by atoms with E-state index in [0.717, 1.165) is 11.8 Å². The van der Waals surface area contributed by atoms with Gasteiger partial charge >= 0.3 is 0 Å². The van der Waals surface area contributed by atoms with E-state index < -0.39 is 0 Å². The summed E-state index contributed by atoms with van der Waals surface area (Å²) < 4.78 is 5.24. The fourth-order valence-electron chi connectivity index (χ4n) is 2.30. The normalized spacial score (nSPS) is 15.2. The molecule has 0 heterocycles. The van der Waals surface area contributed by atoms with E-state index in [1.807, 2.05) is 30.3 Å². The minimum atomic E-state index is -0.0338. The molecule has 0 saturated heterocycles. The maximum Gasteiger partial charge on any atom is 0.169 e. The summed E-state index contributed by atoms with van der Waals surface area (Å²) in [5.74, 6) is 0.197. The average molecular weight is 300 g/mol. The maximum absolute atomic E-state index is 11.3. The first-order valence-corrected chi connectivity index (χ1v) is 6.90. The molecule has 0 aliphatic heterocycles. The van der Waals surface area contributed by atoms with Crippen LogP contribution in [0.2, 0.25) is 0 Å². The first-order valence-electron chi connectivity index (χ1n) is 6.49. The van der Waals surface area contributed by atoms with E-state index in [1.165, 1.54) is 7.11 Å². The van der Waals surface area contributed by atoms with Gasteiger partial charge in [-0.25, -0.2) is 0 Å². The van der Waals surface area contributed by atoms with E-state index in [0.29, 0.717) is 28.0 Å². The van der Waals surface area contributed by atoms with Gasteiger partial charge in [-0.2, -0.15) is 0 Å². The van der Waals surface area contributed by atoms with E-state index >= 15 is 0 Å². The number of hydrogen-bond donors (Lipinski definition) is 1. The number of ether oxygens (including phenoxy) is 1. The van der Waals surface area contributed by atoms with Crippen molar-refractivity contribution in [3.05, 3.63) is 70.7 Å². The zero-order valence-electron chi connectivity index (χ0n) is 11.8. The van der Waals surface area contributed by atoms with Crippen LogP contribution in [0.5, 0.6) is 0 Å². The fraction of sp³-hybridized carbons (Fsp3) is 0.176. The lowest BCUT2D eigenvalue weighted by Gasteiger charge is -2.22. The minimum Gasteiger partial charge on any atom is -0.504 e. The summed E-state index contributed by atoms with van der Waals surface area (Å²) in [4.78, 5) is 11.9. The smallest absolute Gasteiger partial charge is 0.169 e. The van der Waals surface area contributed by atoms with Crippen molar-refractivity contribution in [3.63, 3.8) is 0 Å². The summed E-state index contributed by atoms with van der Waals surface area (Å²) in [5, 5.41) is 10.1. The van der Waals surface area contributed by atoms with Gasteiger partial charge in [-0.05, 0) is 11.1 Å². The average Bonchev–Trinajstić information content (AvgIpc) is 2.50. The maximum atomic E-state index is 11.3. The molecule has 4 heteroatoms. The molecule has 1 aromatic rings. The van der Waals surface area contributed by atoms with Crippen LogP contribution in [0.25, 0.3) is 0 Å². The number of aliphatic hydroxyl groups excluding tert-OH is 1. The standard InChI is InChI=1S/C17H16O3S/c1-11-8-13(10-18)15(17(20-2)16(11)19)14(21)9-12-6-4-3-5-7-12/h3-7,10,19H,1,8-9H2,2H3. The van der Waals surface area contributed by atoms with Gasteiger partial charge in [0.2, 0.25) is 0 Å². The third-order valence-electron chi connectivity index (χ3n) is 3.33. The third-order valence-corrected chi connectivity index (χ3v) is 3.68. The van der Waals surface area contributed by atoms with Crippen LogP contribution in [-0.2, 0) is 16.0 Å². The SMILES string of the molecule is C=C1CC(C=O)=C(C(=S)Cc2ccccc2)C(OC)=C1O. The van der Waals surface area contributed by atoms with E-state index in [1.54, 1.807) is 0 Å². The van der Waals surface area contributed by atoms with Crippen LogP contribution in [0.1, 0.15) is 12.0 Å². The zero-order valence-corrected chi connectivity index (χ0v) is 12.6. The molecule has 0 aromatic heterocycles. The molecule has 21 heavy (non-hydrogen) atoms. The van der Waals surface area contributed by atoms with Crippen molar-refractivity contribution in [1.82, 2.24) is 0 Å². The quantitative estimate of drug-likeness (QED) is 0.668. The second-order valence-electron chi connectivity index (χ2n) is 4.77. The topological polar surface area (TPSA) is 46.5 Å². The summed E-state index contributed by atoms with van der Waals surface area (Å²) >= 11 is 5.46. The first-order chi connectivity index (χ1) is 10.1. The van der Waals surface area contributed by atoms with Crippen molar-refractivity contribution < 1.29 is 14.6 Å². The predicted molar refractivity (Wildman–Crippen MR) is 86.3 cm³/mol. The molecular weight excluding hydrogens is 284 g/mol. The molecule has 3 nitrogen and oxygen atoms in total. The van der Waals surface area contributed by atoms with Crippen LogP contribution in [0, 0.1) is 0 Å². The highest BCUT2D eigenvalue weighted by molar-refractivity contribution is 7.80. The largest absolute Gasteiger partial charge is 0.504 e. The Morgan fingerprint density at radius 3 is 2.67 bits per heavy atom. The Labute approximate surface area is 129 Å². The highest BCUT2D eigenvalue weighted by Crippen LogP contribution is 2.33.